The molecule has 0 N–H and O–H groups in total. The Morgan fingerprint density at radius 3 is 1.22 bits per heavy atom. The van der Waals surface area contributed by atoms with Gasteiger partial charge in [0.1, 0.15) is 0 Å². The van der Waals surface area contributed by atoms with Crippen molar-refractivity contribution >= 4 is 46.4 Å². The molecular weight excluding hydrogens is 663 g/mol. The molecule has 0 aliphatic carbocycles. The van der Waals surface area contributed by atoms with E-state index >= 15 is 0 Å². The molecule has 0 aliphatic rings. The molecule has 0 atom stereocenters. The minimum atomic E-state index is -0.876. The van der Waals surface area contributed by atoms with Crippen molar-refractivity contribution in [2.75, 3.05) is 22.9 Å². The molecule has 4 nitrogen and oxygen atoms in total. The van der Waals surface area contributed by atoms with Gasteiger partial charge in [0.05, 0.1) is 0 Å². The van der Waals surface area contributed by atoms with Crippen LogP contribution in [0.5, 0.6) is 0 Å². The number of carbonyl (C=O) groups is 2. The van der Waals surface area contributed by atoms with Crippen LogP contribution in [-0.4, -0.2) is 24.9 Å². The molecule has 2 amide bonds. The number of unbranched alkanes of at least 4 members (excludes halogenated alkanes) is 2. The van der Waals surface area contributed by atoms with Crippen molar-refractivity contribution in [2.45, 2.75) is 39.5 Å². The fraction of sp³-hybridized carbons (Fsp3) is 0.235. The van der Waals surface area contributed by atoms with Crippen LogP contribution in [0.4, 0.5) is 28.9 Å². The van der Waals surface area contributed by atoms with Crippen LogP contribution in [0.2, 0.25) is 10.0 Å². The monoisotopic (exact) mass is 692 g/mol. The SMILES string of the molecule is CCCCN(C(=O)c1ccc(Cl)cc1)c1ccc(F)[c-]c1F.CCCCN(C(=O)c1ccc(Cl)cc1)c1ccc(F)[c-]c1F.[Ti+2]. The van der Waals surface area contributed by atoms with Gasteiger partial charge in [-0.05, 0) is 72.7 Å². The number of anilines is 2. The average Bonchev–Trinajstić information content (AvgIpc) is 3.00. The quantitative estimate of drug-likeness (QED) is 0.0944. The van der Waals surface area contributed by atoms with Gasteiger partial charge in [-0.15, -0.1) is 36.4 Å². The minimum Gasteiger partial charge on any atom is -0.359 e. The normalized spacial score (nSPS) is 10.3. The molecule has 11 heteroatoms. The summed E-state index contributed by atoms with van der Waals surface area (Å²) in [5.41, 5.74) is 0.832. The molecule has 0 heterocycles. The first-order chi connectivity index (χ1) is 21.0. The maximum absolute atomic E-state index is 14.0. The number of hydrogen-bond donors (Lipinski definition) is 0. The number of nitrogens with zero attached hydrogens (tertiary/aromatic N) is 2. The molecule has 0 aliphatic heterocycles. The number of hydrogen-bond acceptors (Lipinski definition) is 2. The number of benzene rings is 4. The first kappa shape index (κ1) is 38.0. The van der Waals surface area contributed by atoms with Gasteiger partial charge >= 0.3 is 21.7 Å². The molecule has 45 heavy (non-hydrogen) atoms. The molecule has 4 aromatic carbocycles. The predicted molar refractivity (Wildman–Crippen MR) is 166 cm³/mol. The van der Waals surface area contributed by atoms with Gasteiger partial charge in [0.15, 0.2) is 0 Å². The van der Waals surface area contributed by atoms with E-state index in [-0.39, 0.29) is 44.9 Å². The largest absolute Gasteiger partial charge is 2.00 e. The van der Waals surface area contributed by atoms with E-state index in [1.165, 1.54) is 21.9 Å². The van der Waals surface area contributed by atoms with E-state index in [1.807, 2.05) is 26.0 Å². The van der Waals surface area contributed by atoms with Crippen molar-refractivity contribution in [3.05, 3.63) is 129 Å². The van der Waals surface area contributed by atoms with Crippen LogP contribution in [0.15, 0.2) is 72.8 Å². The summed E-state index contributed by atoms with van der Waals surface area (Å²) in [4.78, 5) is 27.8. The van der Waals surface area contributed by atoms with Gasteiger partial charge in [0.2, 0.25) is 11.8 Å². The predicted octanol–water partition coefficient (Wildman–Crippen LogP) is 9.73. The van der Waals surface area contributed by atoms with Crippen molar-refractivity contribution in [1.29, 1.82) is 0 Å². The molecular formula is C34H30Cl2F4N2O2Ti. The second-order valence-corrected chi connectivity index (χ2v) is 10.5. The summed E-state index contributed by atoms with van der Waals surface area (Å²) in [7, 11) is 0. The van der Waals surface area contributed by atoms with Crippen LogP contribution in [0.1, 0.15) is 60.2 Å². The van der Waals surface area contributed by atoms with E-state index in [2.05, 4.69) is 0 Å². The molecule has 0 bridgehead atoms. The van der Waals surface area contributed by atoms with E-state index in [9.17, 15) is 27.2 Å². The molecule has 0 saturated heterocycles. The molecule has 0 saturated carbocycles. The fourth-order valence-electron chi connectivity index (χ4n) is 4.08. The van der Waals surface area contributed by atoms with Gasteiger partial charge in [-0.1, -0.05) is 49.9 Å². The zero-order valence-corrected chi connectivity index (χ0v) is 27.7. The van der Waals surface area contributed by atoms with E-state index in [0.29, 0.717) is 47.1 Å². The van der Waals surface area contributed by atoms with Crippen molar-refractivity contribution in [1.82, 2.24) is 0 Å². The zero-order valence-electron chi connectivity index (χ0n) is 24.6. The number of rotatable bonds is 10. The maximum atomic E-state index is 14.0. The third kappa shape index (κ3) is 11.0. The van der Waals surface area contributed by atoms with Gasteiger partial charge in [-0.25, -0.2) is 17.6 Å². The van der Waals surface area contributed by atoms with Crippen LogP contribution in [0.25, 0.3) is 0 Å². The Kier molecular flexibility index (Phi) is 15.8. The smallest absolute Gasteiger partial charge is 0.359 e. The Hall–Kier alpha value is -3.17. The third-order valence-electron chi connectivity index (χ3n) is 6.41. The Morgan fingerprint density at radius 1 is 0.600 bits per heavy atom. The fourth-order valence-corrected chi connectivity index (χ4v) is 4.33. The van der Waals surface area contributed by atoms with E-state index in [0.717, 1.165) is 25.0 Å². The average molecular weight is 693 g/mol. The van der Waals surface area contributed by atoms with E-state index < -0.39 is 23.3 Å². The summed E-state index contributed by atoms with van der Waals surface area (Å²) in [5.74, 6) is -4.06. The van der Waals surface area contributed by atoms with Crippen molar-refractivity contribution in [2.24, 2.45) is 0 Å². The molecule has 0 unspecified atom stereocenters. The standard InChI is InChI=1S/2C17H15ClF2NO.Ti/c2*1-2-3-10-21(16-9-8-14(19)11-15(16)20)17(22)12-4-6-13(18)7-5-12;/h2*4-9H,2-3,10H2,1H3;/q2*-1;+2. The van der Waals surface area contributed by atoms with Crippen LogP contribution < -0.4 is 9.80 Å². The molecule has 0 aromatic heterocycles. The third-order valence-corrected chi connectivity index (χ3v) is 6.91. The van der Waals surface area contributed by atoms with Gasteiger partial charge in [0.25, 0.3) is 0 Å². The minimum absolute atomic E-state index is 0. The second kappa shape index (κ2) is 18.7. The van der Waals surface area contributed by atoms with Gasteiger partial charge in [-0.2, -0.15) is 0 Å². The molecule has 234 valence electrons. The van der Waals surface area contributed by atoms with Gasteiger partial charge in [-0.3, -0.25) is 9.59 Å². The molecule has 0 spiro atoms. The number of amides is 2. The Morgan fingerprint density at radius 2 is 0.933 bits per heavy atom. The summed E-state index contributed by atoms with van der Waals surface area (Å²) in [5, 5.41) is 1.02. The number of carbonyl (C=O) groups excluding carboxylic acids is 2. The molecule has 0 fully saturated rings. The van der Waals surface area contributed by atoms with Crippen molar-refractivity contribution < 1.29 is 48.9 Å². The Balaban J connectivity index is 0.000000307. The molecule has 0 radical (unpaired) electrons. The van der Waals surface area contributed by atoms with Crippen LogP contribution in [0.3, 0.4) is 0 Å². The van der Waals surface area contributed by atoms with Gasteiger partial charge in [0, 0.05) is 57.5 Å². The summed E-state index contributed by atoms with van der Waals surface area (Å²) in [6.45, 7) is 4.62. The number of halogens is 6. The van der Waals surface area contributed by atoms with E-state index in [4.69, 9.17) is 23.2 Å². The Bertz CT molecular complexity index is 1440. The Labute approximate surface area is 285 Å². The summed E-state index contributed by atoms with van der Waals surface area (Å²) in [6, 6.07) is 21.3. The first-order valence-electron chi connectivity index (χ1n) is 13.9. The van der Waals surface area contributed by atoms with Crippen molar-refractivity contribution in [3.8, 4) is 0 Å². The summed E-state index contributed by atoms with van der Waals surface area (Å²) >= 11 is 11.6. The summed E-state index contributed by atoms with van der Waals surface area (Å²) in [6.07, 6.45) is 3.10. The zero-order chi connectivity index (χ0) is 32.2. The van der Waals surface area contributed by atoms with E-state index in [1.54, 1.807) is 48.5 Å². The summed E-state index contributed by atoms with van der Waals surface area (Å²) < 4.78 is 54.0. The van der Waals surface area contributed by atoms with Crippen LogP contribution >= 0.6 is 23.2 Å². The second-order valence-electron chi connectivity index (χ2n) is 9.65. The van der Waals surface area contributed by atoms with Crippen LogP contribution in [-0.2, 0) is 21.7 Å². The molecule has 4 rings (SSSR count). The van der Waals surface area contributed by atoms with Gasteiger partial charge < -0.3 is 9.80 Å². The topological polar surface area (TPSA) is 40.6 Å². The van der Waals surface area contributed by atoms with Crippen molar-refractivity contribution in [3.63, 3.8) is 0 Å². The molecule has 4 aromatic rings. The maximum Gasteiger partial charge on any atom is 2.00 e. The first-order valence-corrected chi connectivity index (χ1v) is 14.7. The van der Waals surface area contributed by atoms with Crippen LogP contribution in [0, 0.1) is 35.4 Å².